The van der Waals surface area contributed by atoms with E-state index in [0.29, 0.717) is 12.2 Å². The number of hydrogen-bond donors (Lipinski definition) is 0. The van der Waals surface area contributed by atoms with Gasteiger partial charge in [0.2, 0.25) is 6.29 Å². The standard InChI is InChI=1S/C21H24N2O4/c1-13(2)10-11-23-17-9-7-6-8-14(17)15-12-16(20(24)25-3)22-18(19(15)23)21(26-4)27-5/h6-10,12,21H,11H2,1-5H3. The monoisotopic (exact) mass is 368 g/mol. The van der Waals surface area contributed by atoms with Crippen molar-refractivity contribution in [1.82, 2.24) is 9.55 Å². The maximum absolute atomic E-state index is 12.2. The second-order valence-corrected chi connectivity index (χ2v) is 6.49. The Hall–Kier alpha value is -2.70. The van der Waals surface area contributed by atoms with Crippen LogP contribution < -0.4 is 0 Å². The molecule has 0 aliphatic rings. The van der Waals surface area contributed by atoms with Crippen molar-refractivity contribution in [2.45, 2.75) is 26.7 Å². The first kappa shape index (κ1) is 19.1. The molecule has 0 atom stereocenters. The first-order valence-electron chi connectivity index (χ1n) is 8.71. The van der Waals surface area contributed by atoms with Crippen LogP contribution in [0.5, 0.6) is 0 Å². The molecule has 0 bridgehead atoms. The highest BCUT2D eigenvalue weighted by molar-refractivity contribution is 6.10. The van der Waals surface area contributed by atoms with Crippen LogP contribution in [0.2, 0.25) is 0 Å². The zero-order chi connectivity index (χ0) is 19.6. The summed E-state index contributed by atoms with van der Waals surface area (Å²) in [7, 11) is 4.45. The zero-order valence-corrected chi connectivity index (χ0v) is 16.3. The average molecular weight is 368 g/mol. The molecule has 27 heavy (non-hydrogen) atoms. The molecule has 0 aliphatic heterocycles. The van der Waals surface area contributed by atoms with Gasteiger partial charge in [-0.05, 0) is 26.0 Å². The molecule has 0 aliphatic carbocycles. The molecule has 142 valence electrons. The van der Waals surface area contributed by atoms with Crippen molar-refractivity contribution in [3.05, 3.63) is 53.4 Å². The molecule has 2 heterocycles. The summed E-state index contributed by atoms with van der Waals surface area (Å²) in [5, 5.41) is 1.95. The van der Waals surface area contributed by atoms with E-state index < -0.39 is 12.3 Å². The number of para-hydroxylation sites is 1. The molecule has 0 fully saturated rings. The van der Waals surface area contributed by atoms with E-state index in [-0.39, 0.29) is 5.69 Å². The number of allylic oxidation sites excluding steroid dienone is 2. The third-order valence-corrected chi connectivity index (χ3v) is 4.50. The molecule has 0 amide bonds. The Balaban J connectivity index is 2.44. The lowest BCUT2D eigenvalue weighted by Crippen LogP contribution is -2.13. The molecular formula is C21H24N2O4. The van der Waals surface area contributed by atoms with Crippen LogP contribution in [0.4, 0.5) is 0 Å². The number of methoxy groups -OCH3 is 3. The maximum atomic E-state index is 12.2. The van der Waals surface area contributed by atoms with Gasteiger partial charge in [-0.3, -0.25) is 0 Å². The molecule has 6 heteroatoms. The highest BCUT2D eigenvalue weighted by atomic mass is 16.7. The molecule has 0 spiro atoms. The summed E-state index contributed by atoms with van der Waals surface area (Å²) in [6.45, 7) is 4.81. The summed E-state index contributed by atoms with van der Waals surface area (Å²) in [5.41, 5.74) is 3.94. The van der Waals surface area contributed by atoms with Crippen LogP contribution in [0.3, 0.4) is 0 Å². The van der Waals surface area contributed by atoms with E-state index in [0.717, 1.165) is 21.8 Å². The van der Waals surface area contributed by atoms with E-state index >= 15 is 0 Å². The van der Waals surface area contributed by atoms with E-state index in [2.05, 4.69) is 35.5 Å². The topological polar surface area (TPSA) is 62.6 Å². The normalized spacial score (nSPS) is 11.3. The molecule has 0 radical (unpaired) electrons. The summed E-state index contributed by atoms with van der Waals surface area (Å²) in [6, 6.07) is 9.85. The van der Waals surface area contributed by atoms with Gasteiger partial charge < -0.3 is 18.8 Å². The number of rotatable bonds is 6. The van der Waals surface area contributed by atoms with Gasteiger partial charge in [-0.1, -0.05) is 29.8 Å². The Bertz CT molecular complexity index is 1010. The van der Waals surface area contributed by atoms with Gasteiger partial charge in [-0.2, -0.15) is 0 Å². The molecule has 0 unspecified atom stereocenters. The van der Waals surface area contributed by atoms with Gasteiger partial charge in [0.25, 0.3) is 0 Å². The lowest BCUT2D eigenvalue weighted by Gasteiger charge is -2.16. The fourth-order valence-corrected chi connectivity index (χ4v) is 3.26. The van der Waals surface area contributed by atoms with Gasteiger partial charge in [0.1, 0.15) is 11.4 Å². The Labute approximate surface area is 158 Å². The van der Waals surface area contributed by atoms with E-state index in [1.807, 2.05) is 18.2 Å². The van der Waals surface area contributed by atoms with Gasteiger partial charge in [-0.25, -0.2) is 9.78 Å². The number of benzene rings is 1. The SMILES string of the molecule is COC(=O)c1cc2c3ccccc3n(CC=C(C)C)c2c(C(OC)OC)n1. The molecule has 0 N–H and O–H groups in total. The van der Waals surface area contributed by atoms with Gasteiger partial charge in [0.15, 0.2) is 0 Å². The van der Waals surface area contributed by atoms with Crippen molar-refractivity contribution in [2.24, 2.45) is 0 Å². The number of fused-ring (bicyclic) bond motifs is 3. The smallest absolute Gasteiger partial charge is 0.356 e. The number of hydrogen-bond acceptors (Lipinski definition) is 5. The number of carbonyl (C=O) groups is 1. The highest BCUT2D eigenvalue weighted by Crippen LogP contribution is 2.34. The van der Waals surface area contributed by atoms with Crippen molar-refractivity contribution in [3.8, 4) is 0 Å². The fourth-order valence-electron chi connectivity index (χ4n) is 3.26. The second kappa shape index (κ2) is 7.90. The molecule has 6 nitrogen and oxygen atoms in total. The largest absolute Gasteiger partial charge is 0.464 e. The first-order chi connectivity index (χ1) is 13.0. The third kappa shape index (κ3) is 3.46. The number of carbonyl (C=O) groups excluding carboxylic acids is 1. The predicted octanol–water partition coefficient (Wildman–Crippen LogP) is 4.23. The molecule has 0 saturated carbocycles. The molecule has 3 rings (SSSR count). The number of pyridine rings is 1. The highest BCUT2D eigenvalue weighted by Gasteiger charge is 2.24. The third-order valence-electron chi connectivity index (χ3n) is 4.50. The minimum atomic E-state index is -0.702. The van der Waals surface area contributed by atoms with Crippen LogP contribution in [0.25, 0.3) is 21.8 Å². The van der Waals surface area contributed by atoms with Crippen molar-refractivity contribution in [2.75, 3.05) is 21.3 Å². The van der Waals surface area contributed by atoms with E-state index in [9.17, 15) is 4.79 Å². The molecule has 1 aromatic carbocycles. The second-order valence-electron chi connectivity index (χ2n) is 6.49. The molecule has 2 aromatic heterocycles. The van der Waals surface area contributed by atoms with Crippen LogP contribution in [0.15, 0.2) is 42.0 Å². The predicted molar refractivity (Wildman–Crippen MR) is 105 cm³/mol. The Kier molecular flexibility index (Phi) is 5.58. The van der Waals surface area contributed by atoms with Crippen molar-refractivity contribution >= 4 is 27.8 Å². The van der Waals surface area contributed by atoms with E-state index in [1.165, 1.54) is 12.7 Å². The number of nitrogens with zero attached hydrogens (tertiary/aromatic N) is 2. The van der Waals surface area contributed by atoms with Gasteiger partial charge in [-0.15, -0.1) is 0 Å². The quantitative estimate of drug-likeness (QED) is 0.370. The Morgan fingerprint density at radius 1 is 1.15 bits per heavy atom. The van der Waals surface area contributed by atoms with Gasteiger partial charge >= 0.3 is 5.97 Å². The summed E-state index contributed by atoms with van der Waals surface area (Å²) in [6.07, 6.45) is 1.45. The molecule has 0 saturated heterocycles. The number of aromatic nitrogens is 2. The van der Waals surface area contributed by atoms with Crippen LogP contribution in [0, 0.1) is 0 Å². The van der Waals surface area contributed by atoms with Crippen molar-refractivity contribution in [3.63, 3.8) is 0 Å². The van der Waals surface area contributed by atoms with Gasteiger partial charge in [0, 0.05) is 37.1 Å². The summed E-state index contributed by atoms with van der Waals surface area (Å²) >= 11 is 0. The zero-order valence-electron chi connectivity index (χ0n) is 16.3. The van der Waals surface area contributed by atoms with Crippen LogP contribution in [0.1, 0.15) is 36.3 Å². The Morgan fingerprint density at radius 3 is 2.48 bits per heavy atom. The Morgan fingerprint density at radius 2 is 1.85 bits per heavy atom. The number of esters is 1. The first-order valence-corrected chi connectivity index (χ1v) is 8.71. The number of ether oxygens (including phenoxy) is 3. The average Bonchev–Trinajstić information content (AvgIpc) is 3.00. The minimum Gasteiger partial charge on any atom is -0.464 e. The fraction of sp³-hybridized carbons (Fsp3) is 0.333. The summed E-state index contributed by atoms with van der Waals surface area (Å²) in [5.74, 6) is -0.495. The van der Waals surface area contributed by atoms with Crippen LogP contribution in [-0.2, 0) is 20.8 Å². The van der Waals surface area contributed by atoms with E-state index in [4.69, 9.17) is 14.2 Å². The maximum Gasteiger partial charge on any atom is 0.356 e. The molecule has 3 aromatic rings. The molecular weight excluding hydrogens is 344 g/mol. The van der Waals surface area contributed by atoms with Crippen LogP contribution in [-0.4, -0.2) is 36.8 Å². The lowest BCUT2D eigenvalue weighted by molar-refractivity contribution is -0.107. The minimum absolute atomic E-state index is 0.226. The van der Waals surface area contributed by atoms with Crippen molar-refractivity contribution < 1.29 is 19.0 Å². The van der Waals surface area contributed by atoms with Gasteiger partial charge in [0.05, 0.1) is 12.6 Å². The van der Waals surface area contributed by atoms with Crippen LogP contribution >= 0.6 is 0 Å². The van der Waals surface area contributed by atoms with Crippen molar-refractivity contribution in [1.29, 1.82) is 0 Å². The summed E-state index contributed by atoms with van der Waals surface area (Å²) < 4.78 is 18.0. The lowest BCUT2D eigenvalue weighted by atomic mass is 10.1. The summed E-state index contributed by atoms with van der Waals surface area (Å²) in [4.78, 5) is 16.7. The van der Waals surface area contributed by atoms with E-state index in [1.54, 1.807) is 20.3 Å².